The molecule has 0 saturated carbocycles. The van der Waals surface area contributed by atoms with E-state index in [1.165, 1.54) is 29.0 Å². The lowest BCUT2D eigenvalue weighted by molar-refractivity contribution is 0.0950. The molecule has 0 aliphatic rings. The third kappa shape index (κ3) is 6.37. The lowest BCUT2D eigenvalue weighted by atomic mass is 10.1. The molecule has 3 rings (SSSR count). The Labute approximate surface area is 201 Å². The number of hydrogen-bond donors (Lipinski definition) is 2. The highest BCUT2D eigenvalue weighted by molar-refractivity contribution is 7.90. The highest BCUT2D eigenvalue weighted by Crippen LogP contribution is 2.23. The number of sulfone groups is 1. The Hall–Kier alpha value is -2.81. The van der Waals surface area contributed by atoms with Crippen LogP contribution in [0.4, 0.5) is 0 Å². The van der Waals surface area contributed by atoms with Crippen LogP contribution in [0.3, 0.4) is 0 Å². The van der Waals surface area contributed by atoms with Crippen LogP contribution in [-0.4, -0.2) is 36.8 Å². The lowest BCUT2D eigenvalue weighted by Crippen LogP contribution is -2.28. The zero-order valence-electron chi connectivity index (χ0n) is 17.7. The van der Waals surface area contributed by atoms with Gasteiger partial charge in [0.1, 0.15) is 0 Å². The number of nitrogens with one attached hydrogen (secondary N) is 1. The molecule has 0 radical (unpaired) electrons. The Morgan fingerprint density at radius 2 is 1.70 bits per heavy atom. The summed E-state index contributed by atoms with van der Waals surface area (Å²) in [5.74, 6) is -1.20. The van der Waals surface area contributed by atoms with Crippen molar-refractivity contribution in [1.82, 2.24) is 9.88 Å². The van der Waals surface area contributed by atoms with E-state index in [0.29, 0.717) is 35.0 Å². The number of carbonyl (C=O) groups is 1. The van der Waals surface area contributed by atoms with Crippen LogP contribution in [0.1, 0.15) is 27.9 Å². The molecule has 2 aromatic carbocycles. The fourth-order valence-electron chi connectivity index (χ4n) is 3.19. The molecule has 33 heavy (non-hydrogen) atoms. The minimum Gasteiger partial charge on any atom is -0.502 e. The van der Waals surface area contributed by atoms with Crippen LogP contribution in [0, 0.1) is 0 Å². The van der Waals surface area contributed by atoms with E-state index in [1.807, 2.05) is 6.07 Å². The smallest absolute Gasteiger partial charge is 0.293 e. The van der Waals surface area contributed by atoms with Gasteiger partial charge in [0.2, 0.25) is 0 Å². The maximum atomic E-state index is 12.5. The number of pyridine rings is 1. The number of aromatic hydroxyl groups is 1. The van der Waals surface area contributed by atoms with Gasteiger partial charge in [-0.25, -0.2) is 8.42 Å². The minimum absolute atomic E-state index is 0.113. The number of amides is 1. The lowest BCUT2D eigenvalue weighted by Gasteiger charge is -2.11. The summed E-state index contributed by atoms with van der Waals surface area (Å²) >= 11 is 11.9. The summed E-state index contributed by atoms with van der Waals surface area (Å²) < 4.78 is 24.4. The highest BCUT2D eigenvalue weighted by Gasteiger charge is 2.16. The van der Waals surface area contributed by atoms with Crippen molar-refractivity contribution in [3.05, 3.63) is 91.8 Å². The molecular formula is C23H22Cl2N2O5S. The van der Waals surface area contributed by atoms with Gasteiger partial charge in [-0.05, 0) is 54.3 Å². The van der Waals surface area contributed by atoms with Crippen LogP contribution in [0.15, 0.2) is 64.4 Å². The van der Waals surface area contributed by atoms with Crippen molar-refractivity contribution in [2.24, 2.45) is 0 Å². The van der Waals surface area contributed by atoms with E-state index in [9.17, 15) is 23.1 Å². The molecule has 2 N–H and O–H groups in total. The second-order valence-electron chi connectivity index (χ2n) is 7.54. The number of nitrogens with zero attached hydrogens (tertiary/aromatic N) is 1. The number of aromatic nitrogens is 1. The maximum absolute atomic E-state index is 12.5. The topological polar surface area (TPSA) is 105 Å². The Kier molecular flexibility index (Phi) is 7.84. The third-order valence-electron chi connectivity index (χ3n) is 5.00. The van der Waals surface area contributed by atoms with Crippen molar-refractivity contribution < 1.29 is 18.3 Å². The largest absolute Gasteiger partial charge is 0.502 e. The number of rotatable bonds is 8. The number of carbonyl (C=O) groups excluding carboxylic acids is 1. The molecule has 0 saturated heterocycles. The van der Waals surface area contributed by atoms with E-state index in [1.54, 1.807) is 24.3 Å². The Morgan fingerprint density at radius 3 is 2.33 bits per heavy atom. The number of hydrogen-bond acceptors (Lipinski definition) is 5. The second-order valence-corrected chi connectivity index (χ2v) is 10.4. The molecule has 0 unspecified atom stereocenters. The fourth-order valence-corrected chi connectivity index (χ4v) is 4.14. The van der Waals surface area contributed by atoms with Crippen LogP contribution in [0.25, 0.3) is 0 Å². The van der Waals surface area contributed by atoms with Gasteiger partial charge >= 0.3 is 0 Å². The van der Waals surface area contributed by atoms with Crippen molar-refractivity contribution in [3.8, 4) is 5.75 Å². The molecule has 0 aliphatic heterocycles. The van der Waals surface area contributed by atoms with Crippen LogP contribution in [0.2, 0.25) is 10.0 Å². The average Bonchev–Trinajstić information content (AvgIpc) is 2.76. The zero-order chi connectivity index (χ0) is 24.2. The summed E-state index contributed by atoms with van der Waals surface area (Å²) in [7, 11) is -3.32. The van der Waals surface area contributed by atoms with Crippen LogP contribution < -0.4 is 10.9 Å². The quantitative estimate of drug-likeness (QED) is 0.451. The molecule has 0 fully saturated rings. The molecular weight excluding hydrogens is 487 g/mol. The Bertz CT molecular complexity index is 1340. The van der Waals surface area contributed by atoms with Crippen LogP contribution in [-0.2, 0) is 22.8 Å². The first kappa shape index (κ1) is 24.8. The van der Waals surface area contributed by atoms with Crippen molar-refractivity contribution in [1.29, 1.82) is 0 Å². The van der Waals surface area contributed by atoms with E-state index in [2.05, 4.69) is 5.32 Å². The van der Waals surface area contributed by atoms with Gasteiger partial charge in [-0.3, -0.25) is 9.59 Å². The van der Waals surface area contributed by atoms with Gasteiger partial charge in [0.15, 0.2) is 15.6 Å². The predicted octanol–water partition coefficient (Wildman–Crippen LogP) is 3.68. The molecule has 1 heterocycles. The van der Waals surface area contributed by atoms with Crippen molar-refractivity contribution in [3.63, 3.8) is 0 Å². The van der Waals surface area contributed by atoms with Gasteiger partial charge in [-0.1, -0.05) is 41.4 Å². The van der Waals surface area contributed by atoms with E-state index in [0.717, 1.165) is 11.8 Å². The maximum Gasteiger partial charge on any atom is 0.293 e. The molecule has 0 bridgehead atoms. The van der Waals surface area contributed by atoms with Gasteiger partial charge in [-0.15, -0.1) is 0 Å². The van der Waals surface area contributed by atoms with Crippen molar-refractivity contribution >= 4 is 38.9 Å². The standard InChI is InChI=1S/C23H22Cl2N2O5S/c1-33(31,32)17-7-4-16(5-8-17)14-27-12-10-18(21(28)23(27)30)22(29)26-11-2-3-15-6-9-19(24)20(25)13-15/h4-10,12-13,28H,2-3,11,14H2,1H3,(H,26,29). The summed E-state index contributed by atoms with van der Waals surface area (Å²) in [5, 5.41) is 13.9. The average molecular weight is 509 g/mol. The monoisotopic (exact) mass is 508 g/mol. The van der Waals surface area contributed by atoms with E-state index < -0.39 is 27.1 Å². The molecule has 1 aromatic heterocycles. The SMILES string of the molecule is CS(=O)(=O)c1ccc(Cn2ccc(C(=O)NCCCc3ccc(Cl)c(Cl)c3)c(O)c2=O)cc1. The molecule has 1 amide bonds. The Morgan fingerprint density at radius 1 is 1.03 bits per heavy atom. The molecule has 7 nitrogen and oxygen atoms in total. The summed E-state index contributed by atoms with van der Waals surface area (Å²) in [6, 6.07) is 12.8. The molecule has 174 valence electrons. The number of halogens is 2. The van der Waals surface area contributed by atoms with E-state index >= 15 is 0 Å². The van der Waals surface area contributed by atoms with Crippen LogP contribution in [0.5, 0.6) is 5.75 Å². The van der Waals surface area contributed by atoms with Gasteiger partial charge < -0.3 is 15.0 Å². The number of benzene rings is 2. The first-order valence-corrected chi connectivity index (χ1v) is 12.6. The molecule has 10 heteroatoms. The molecule has 0 aliphatic carbocycles. The summed E-state index contributed by atoms with van der Waals surface area (Å²) in [6.07, 6.45) is 3.83. The van der Waals surface area contributed by atoms with Gasteiger partial charge in [-0.2, -0.15) is 0 Å². The van der Waals surface area contributed by atoms with Crippen molar-refractivity contribution in [2.75, 3.05) is 12.8 Å². The summed E-state index contributed by atoms with van der Waals surface area (Å²) in [5.41, 5.74) is 0.820. The zero-order valence-corrected chi connectivity index (χ0v) is 20.0. The molecule has 0 atom stereocenters. The van der Waals surface area contributed by atoms with Crippen molar-refractivity contribution in [2.45, 2.75) is 24.3 Å². The first-order valence-electron chi connectivity index (χ1n) is 10.00. The van der Waals surface area contributed by atoms with Crippen LogP contribution >= 0.6 is 23.2 Å². The fraction of sp³-hybridized carbons (Fsp3) is 0.217. The normalized spacial score (nSPS) is 11.4. The second kappa shape index (κ2) is 10.4. The van der Waals surface area contributed by atoms with E-state index in [-0.39, 0.29) is 17.0 Å². The van der Waals surface area contributed by atoms with Gasteiger partial charge in [0, 0.05) is 19.0 Å². The molecule has 3 aromatic rings. The minimum atomic E-state index is -3.32. The summed E-state index contributed by atoms with van der Waals surface area (Å²) in [6.45, 7) is 0.455. The van der Waals surface area contributed by atoms with Gasteiger partial charge in [0.05, 0.1) is 27.0 Å². The highest BCUT2D eigenvalue weighted by atomic mass is 35.5. The third-order valence-corrected chi connectivity index (χ3v) is 6.87. The molecule has 0 spiro atoms. The number of aryl methyl sites for hydroxylation is 1. The first-order chi connectivity index (χ1) is 15.6. The predicted molar refractivity (Wildman–Crippen MR) is 128 cm³/mol. The van der Waals surface area contributed by atoms with E-state index in [4.69, 9.17) is 23.2 Å². The summed E-state index contributed by atoms with van der Waals surface area (Å²) in [4.78, 5) is 25.1. The Balaban J connectivity index is 1.61. The van der Waals surface area contributed by atoms with Gasteiger partial charge in [0.25, 0.3) is 11.5 Å².